The molecule has 6 heteroatoms. The third kappa shape index (κ3) is 5.21. The van der Waals surface area contributed by atoms with Gasteiger partial charge in [0.1, 0.15) is 12.2 Å². The molecule has 152 valence electrons. The Hall–Kier alpha value is -2.72. The van der Waals surface area contributed by atoms with Crippen molar-refractivity contribution in [2.75, 3.05) is 24.6 Å². The van der Waals surface area contributed by atoms with E-state index >= 15 is 0 Å². The number of hydrogen-bond acceptors (Lipinski definition) is 6. The molecule has 0 amide bonds. The van der Waals surface area contributed by atoms with Crippen molar-refractivity contribution in [3.63, 3.8) is 0 Å². The second-order valence-corrected chi connectivity index (χ2v) is 7.43. The molecule has 1 fully saturated rings. The van der Waals surface area contributed by atoms with Crippen LogP contribution in [0.5, 0.6) is 0 Å². The van der Waals surface area contributed by atoms with Crippen molar-refractivity contribution in [1.82, 2.24) is 0 Å². The zero-order valence-electron chi connectivity index (χ0n) is 16.3. The molecule has 0 radical (unpaired) electrons. The van der Waals surface area contributed by atoms with Gasteiger partial charge < -0.3 is 20.2 Å². The molecule has 1 aliphatic heterocycles. The summed E-state index contributed by atoms with van der Waals surface area (Å²) in [6.45, 7) is 1.60. The number of nitrogens with zero attached hydrogens (tertiary/aromatic N) is 2. The number of allylic oxidation sites excluding steroid dienone is 1. The zero-order chi connectivity index (χ0) is 20.8. The number of Topliss-reactive ketones (excluding diaryl/α,β-unsaturated/α-hetero) is 1. The average molecular weight is 394 g/mol. The van der Waals surface area contributed by atoms with Crippen molar-refractivity contribution in [3.05, 3.63) is 47.5 Å². The number of hydrogen-bond donors (Lipinski definition) is 3. The SMILES string of the molecule is N#C/C(=C\c1ccc2cc(N3CCCC3)ccc2c1)C(=O)CCC(O)C(O)CO. The summed E-state index contributed by atoms with van der Waals surface area (Å²) in [6, 6.07) is 14.1. The summed E-state index contributed by atoms with van der Waals surface area (Å²) >= 11 is 0. The lowest BCUT2D eigenvalue weighted by Crippen LogP contribution is -2.29. The summed E-state index contributed by atoms with van der Waals surface area (Å²) in [4.78, 5) is 14.7. The number of ketones is 1. The number of carbonyl (C=O) groups is 1. The van der Waals surface area contributed by atoms with Gasteiger partial charge in [-0.1, -0.05) is 18.2 Å². The maximum absolute atomic E-state index is 12.3. The third-order valence-corrected chi connectivity index (χ3v) is 5.35. The predicted octanol–water partition coefficient (Wildman–Crippen LogP) is 2.41. The van der Waals surface area contributed by atoms with E-state index in [0.717, 1.165) is 29.4 Å². The molecule has 0 aromatic heterocycles. The maximum Gasteiger partial charge on any atom is 0.173 e. The van der Waals surface area contributed by atoms with Gasteiger partial charge in [-0.15, -0.1) is 0 Å². The molecule has 3 rings (SSSR count). The van der Waals surface area contributed by atoms with Gasteiger partial charge in [-0.25, -0.2) is 0 Å². The average Bonchev–Trinajstić information content (AvgIpc) is 3.29. The summed E-state index contributed by atoms with van der Waals surface area (Å²) in [5.41, 5.74) is 1.98. The van der Waals surface area contributed by atoms with E-state index in [4.69, 9.17) is 5.11 Å². The van der Waals surface area contributed by atoms with Gasteiger partial charge in [-0.05, 0) is 59.9 Å². The Balaban J connectivity index is 1.74. The molecule has 6 nitrogen and oxygen atoms in total. The van der Waals surface area contributed by atoms with Gasteiger partial charge in [0.25, 0.3) is 0 Å². The molecular weight excluding hydrogens is 368 g/mol. The molecule has 3 N–H and O–H groups in total. The van der Waals surface area contributed by atoms with E-state index in [1.165, 1.54) is 18.5 Å². The minimum Gasteiger partial charge on any atom is -0.394 e. The van der Waals surface area contributed by atoms with E-state index in [2.05, 4.69) is 23.1 Å². The van der Waals surface area contributed by atoms with E-state index in [9.17, 15) is 20.3 Å². The molecular formula is C23H26N2O4. The lowest BCUT2D eigenvalue weighted by atomic mass is 10.00. The Morgan fingerprint density at radius 3 is 2.48 bits per heavy atom. The first-order chi connectivity index (χ1) is 14.0. The van der Waals surface area contributed by atoms with E-state index < -0.39 is 24.6 Å². The summed E-state index contributed by atoms with van der Waals surface area (Å²) in [5, 5.41) is 39.3. The van der Waals surface area contributed by atoms with E-state index in [1.54, 1.807) is 6.08 Å². The van der Waals surface area contributed by atoms with Crippen molar-refractivity contribution >= 4 is 28.3 Å². The highest BCUT2D eigenvalue weighted by molar-refractivity contribution is 6.03. The minimum absolute atomic E-state index is 0.00345. The van der Waals surface area contributed by atoms with Crippen molar-refractivity contribution in [2.24, 2.45) is 0 Å². The van der Waals surface area contributed by atoms with Gasteiger partial charge in [0.05, 0.1) is 18.3 Å². The van der Waals surface area contributed by atoms with Crippen molar-refractivity contribution in [1.29, 1.82) is 5.26 Å². The molecule has 0 bridgehead atoms. The summed E-state index contributed by atoms with van der Waals surface area (Å²) in [7, 11) is 0. The largest absolute Gasteiger partial charge is 0.394 e. The van der Waals surface area contributed by atoms with Crippen LogP contribution in [0.2, 0.25) is 0 Å². The van der Waals surface area contributed by atoms with E-state index in [1.807, 2.05) is 24.3 Å². The van der Waals surface area contributed by atoms with Gasteiger partial charge in [-0.2, -0.15) is 5.26 Å². The highest BCUT2D eigenvalue weighted by Crippen LogP contribution is 2.26. The molecule has 1 aliphatic rings. The Morgan fingerprint density at radius 1 is 1.10 bits per heavy atom. The molecule has 2 aromatic rings. The summed E-state index contributed by atoms with van der Waals surface area (Å²) < 4.78 is 0. The molecule has 2 aromatic carbocycles. The van der Waals surface area contributed by atoms with Crippen molar-refractivity contribution in [2.45, 2.75) is 37.9 Å². The molecule has 0 spiro atoms. The van der Waals surface area contributed by atoms with Crippen LogP contribution in [0, 0.1) is 11.3 Å². The monoisotopic (exact) mass is 394 g/mol. The Kier molecular flexibility index (Phi) is 6.99. The van der Waals surface area contributed by atoms with Gasteiger partial charge in [0, 0.05) is 25.2 Å². The Bertz CT molecular complexity index is 942. The first-order valence-electron chi connectivity index (χ1n) is 9.92. The van der Waals surface area contributed by atoms with Crippen LogP contribution in [0.15, 0.2) is 42.0 Å². The number of carbonyl (C=O) groups excluding carboxylic acids is 1. The van der Waals surface area contributed by atoms with E-state index in [-0.39, 0.29) is 18.4 Å². The van der Waals surface area contributed by atoms with Crippen LogP contribution in [-0.4, -0.2) is 53.0 Å². The second kappa shape index (κ2) is 9.66. The van der Waals surface area contributed by atoms with Crippen molar-refractivity contribution in [3.8, 4) is 6.07 Å². The smallest absolute Gasteiger partial charge is 0.173 e. The highest BCUT2D eigenvalue weighted by atomic mass is 16.4. The van der Waals surface area contributed by atoms with Gasteiger partial charge in [0.2, 0.25) is 0 Å². The third-order valence-electron chi connectivity index (χ3n) is 5.35. The van der Waals surface area contributed by atoms with Crippen LogP contribution in [0.25, 0.3) is 16.8 Å². The Morgan fingerprint density at radius 2 is 1.79 bits per heavy atom. The highest BCUT2D eigenvalue weighted by Gasteiger charge is 2.18. The van der Waals surface area contributed by atoms with Crippen molar-refractivity contribution < 1.29 is 20.1 Å². The van der Waals surface area contributed by atoms with Crippen LogP contribution in [0.1, 0.15) is 31.2 Å². The molecule has 1 saturated heterocycles. The van der Waals surface area contributed by atoms with Crippen LogP contribution < -0.4 is 4.90 Å². The normalized spacial score (nSPS) is 16.6. The second-order valence-electron chi connectivity index (χ2n) is 7.43. The van der Waals surface area contributed by atoms with Gasteiger partial charge in [0.15, 0.2) is 5.78 Å². The van der Waals surface area contributed by atoms with Gasteiger partial charge in [-0.3, -0.25) is 4.79 Å². The summed E-state index contributed by atoms with van der Waals surface area (Å²) in [5.74, 6) is -0.402. The predicted molar refractivity (Wildman–Crippen MR) is 112 cm³/mol. The number of nitriles is 1. The zero-order valence-corrected chi connectivity index (χ0v) is 16.3. The fourth-order valence-electron chi connectivity index (χ4n) is 3.58. The summed E-state index contributed by atoms with van der Waals surface area (Å²) in [6.07, 6.45) is 1.41. The maximum atomic E-state index is 12.3. The molecule has 1 heterocycles. The fourth-order valence-corrected chi connectivity index (χ4v) is 3.58. The Labute approximate surface area is 170 Å². The van der Waals surface area contributed by atoms with Gasteiger partial charge >= 0.3 is 0 Å². The van der Waals surface area contributed by atoms with Crippen LogP contribution >= 0.6 is 0 Å². The number of rotatable bonds is 8. The molecule has 2 atom stereocenters. The first kappa shape index (κ1) is 21.0. The topological polar surface area (TPSA) is 105 Å². The quantitative estimate of drug-likeness (QED) is 0.469. The molecule has 0 aliphatic carbocycles. The minimum atomic E-state index is -1.29. The van der Waals surface area contributed by atoms with Crippen LogP contribution in [-0.2, 0) is 4.79 Å². The molecule has 29 heavy (non-hydrogen) atoms. The van der Waals surface area contributed by atoms with E-state index in [0.29, 0.717) is 0 Å². The number of aliphatic hydroxyl groups excluding tert-OH is 3. The lowest BCUT2D eigenvalue weighted by Gasteiger charge is -2.18. The van der Waals surface area contributed by atoms with Crippen LogP contribution in [0.3, 0.4) is 0 Å². The number of benzene rings is 2. The lowest BCUT2D eigenvalue weighted by molar-refractivity contribution is -0.116. The standard InChI is InChI=1S/C23H26N2O4/c24-14-19(21(27)7-8-22(28)23(29)15-26)12-16-3-4-18-13-20(6-5-17(18)11-16)25-9-1-2-10-25/h3-6,11-13,22-23,26,28-29H,1-2,7-10,15H2/b19-12+. The molecule has 2 unspecified atom stereocenters. The number of fused-ring (bicyclic) bond motifs is 1. The fraction of sp³-hybridized carbons (Fsp3) is 0.391. The number of anilines is 1. The number of aliphatic hydroxyl groups is 3. The molecule has 0 saturated carbocycles. The van der Waals surface area contributed by atoms with Crippen LogP contribution in [0.4, 0.5) is 5.69 Å². The first-order valence-corrected chi connectivity index (χ1v) is 9.92.